The summed E-state index contributed by atoms with van der Waals surface area (Å²) >= 11 is 0. The molecule has 3 fully saturated rings. The van der Waals surface area contributed by atoms with Crippen LogP contribution in [0.3, 0.4) is 0 Å². The molecule has 222 valence electrons. The maximum Gasteiger partial charge on any atom is 0.229 e. The molecule has 4 aliphatic rings. The van der Waals surface area contributed by atoms with Gasteiger partial charge in [-0.05, 0) is 89.4 Å². The molecule has 1 aromatic carbocycles. The zero-order valence-electron chi connectivity index (χ0n) is 25.6. The molecule has 9 nitrogen and oxygen atoms in total. The summed E-state index contributed by atoms with van der Waals surface area (Å²) < 4.78 is 6.35. The van der Waals surface area contributed by atoms with Gasteiger partial charge in [-0.3, -0.25) is 0 Å². The van der Waals surface area contributed by atoms with Crippen LogP contribution >= 0.6 is 0 Å². The van der Waals surface area contributed by atoms with E-state index in [9.17, 15) is 5.11 Å². The Hall–Kier alpha value is -3.27. The van der Waals surface area contributed by atoms with Gasteiger partial charge in [-0.25, -0.2) is 9.97 Å². The highest BCUT2D eigenvalue weighted by atomic mass is 16.5. The second kappa shape index (κ2) is 9.62. The first kappa shape index (κ1) is 27.6. The summed E-state index contributed by atoms with van der Waals surface area (Å²) in [5, 5.41) is 14.2. The predicted molar refractivity (Wildman–Crippen MR) is 166 cm³/mol. The lowest BCUT2D eigenvalue weighted by atomic mass is 9.73. The van der Waals surface area contributed by atoms with E-state index in [1.54, 1.807) is 13.8 Å². The van der Waals surface area contributed by atoms with Gasteiger partial charge < -0.3 is 29.9 Å². The number of nitrogens with one attached hydrogen (secondary N) is 1. The van der Waals surface area contributed by atoms with Crippen LogP contribution in [0.5, 0.6) is 0 Å². The largest absolute Gasteiger partial charge is 0.384 e. The van der Waals surface area contributed by atoms with Crippen molar-refractivity contribution < 1.29 is 9.84 Å². The van der Waals surface area contributed by atoms with Crippen molar-refractivity contribution in [2.75, 3.05) is 55.0 Å². The highest BCUT2D eigenvalue weighted by Crippen LogP contribution is 2.53. The van der Waals surface area contributed by atoms with Gasteiger partial charge in [0.1, 0.15) is 17.2 Å². The van der Waals surface area contributed by atoms with Gasteiger partial charge in [0.15, 0.2) is 0 Å². The molecule has 3 aromatic rings. The molecule has 0 bridgehead atoms. The number of rotatable bonds is 5. The molecule has 0 radical (unpaired) electrons. The average Bonchev–Trinajstić information content (AvgIpc) is 3.56. The lowest BCUT2D eigenvalue weighted by Crippen LogP contribution is -2.54. The number of aromatic nitrogens is 3. The summed E-state index contributed by atoms with van der Waals surface area (Å²) in [5.41, 5.74) is 2.30. The van der Waals surface area contributed by atoms with Gasteiger partial charge in [-0.1, -0.05) is 13.0 Å². The summed E-state index contributed by atoms with van der Waals surface area (Å²) in [6.07, 6.45) is 2.76. The number of fused-ring (bicyclic) bond motifs is 4. The Morgan fingerprint density at radius 1 is 0.976 bits per heavy atom. The first-order valence-electron chi connectivity index (χ1n) is 15.2. The van der Waals surface area contributed by atoms with Gasteiger partial charge in [-0.15, -0.1) is 0 Å². The Labute approximate surface area is 248 Å². The van der Waals surface area contributed by atoms with Crippen LogP contribution in [0.1, 0.15) is 52.3 Å². The third-order valence-corrected chi connectivity index (χ3v) is 9.87. The van der Waals surface area contributed by atoms with Crippen molar-refractivity contribution in [1.29, 1.82) is 0 Å². The molecule has 2 N–H and O–H groups in total. The number of benzene rings is 1. The second-order valence-corrected chi connectivity index (χ2v) is 14.2. The maximum absolute atomic E-state index is 10.7. The number of hydrogen-bond donors (Lipinski definition) is 2. The van der Waals surface area contributed by atoms with Crippen molar-refractivity contribution in [3.05, 3.63) is 59.9 Å². The molecule has 0 unspecified atom stereocenters. The van der Waals surface area contributed by atoms with Crippen molar-refractivity contribution in [2.24, 2.45) is 11.8 Å². The van der Waals surface area contributed by atoms with Gasteiger partial charge in [0, 0.05) is 54.7 Å². The van der Waals surface area contributed by atoms with Gasteiger partial charge >= 0.3 is 0 Å². The summed E-state index contributed by atoms with van der Waals surface area (Å²) in [6, 6.07) is 14.6. The number of anilines is 5. The number of nitrogens with zero attached hydrogens (tertiary/aromatic N) is 6. The van der Waals surface area contributed by atoms with E-state index in [0.29, 0.717) is 18.2 Å². The summed E-state index contributed by atoms with van der Waals surface area (Å²) in [7, 11) is 2.23. The average molecular weight is 570 g/mol. The third-order valence-electron chi connectivity index (χ3n) is 9.87. The molecule has 9 heteroatoms. The number of hydrogen-bond acceptors (Lipinski definition) is 9. The molecule has 0 amide bonds. The fourth-order valence-electron chi connectivity index (χ4n) is 7.48. The van der Waals surface area contributed by atoms with Crippen LogP contribution in [0, 0.1) is 11.8 Å². The molecular formula is C33H43N7O2. The van der Waals surface area contributed by atoms with Crippen LogP contribution in [0.2, 0.25) is 0 Å². The molecule has 0 spiro atoms. The van der Waals surface area contributed by atoms with Crippen LogP contribution < -0.4 is 15.1 Å². The number of likely N-dealkylation sites (tertiary alicyclic amines) is 1. The highest BCUT2D eigenvalue weighted by molar-refractivity contribution is 5.71. The minimum Gasteiger partial charge on any atom is -0.384 e. The quantitative estimate of drug-likeness (QED) is 0.449. The van der Waals surface area contributed by atoms with Gasteiger partial charge in [0.2, 0.25) is 5.95 Å². The monoisotopic (exact) mass is 569 g/mol. The predicted octanol–water partition coefficient (Wildman–Crippen LogP) is 4.82. The van der Waals surface area contributed by atoms with Crippen molar-refractivity contribution in [1.82, 2.24) is 19.9 Å². The SMILES string of the molecule is CN1C[C@@H]2CN(c3ccc(Nc4ncc5c(n4)N(c4cccc(C(C)(C)O)n4)[C@@H]4CC(C)(C)OC[C@]54C)cc3)C[C@@H]2C1. The van der Waals surface area contributed by atoms with E-state index in [4.69, 9.17) is 19.7 Å². The smallest absolute Gasteiger partial charge is 0.229 e. The number of pyridine rings is 1. The standard InChI is InChI=1S/C33H43N7O2/c1-31(2)14-27-33(5,20-42-31)25-15-34-30(37-29(25)40(27)28-9-7-8-26(36-28)32(3,4)41)35-23-10-12-24(13-11-23)39-18-21-16-38(6)17-22(21)19-39/h7-13,15,21-22,27,41H,14,16-20H2,1-6H3,(H,34,35,37)/t21-,22+,27-,33-/m1/s1. The van der Waals surface area contributed by atoms with Crippen LogP contribution in [0.25, 0.3) is 0 Å². The highest BCUT2D eigenvalue weighted by Gasteiger charge is 2.55. The van der Waals surface area contributed by atoms with Crippen molar-refractivity contribution in [3.8, 4) is 0 Å². The van der Waals surface area contributed by atoms with E-state index in [0.717, 1.165) is 54.2 Å². The minimum absolute atomic E-state index is 0.0874. The van der Waals surface area contributed by atoms with E-state index in [2.05, 4.69) is 72.1 Å². The Bertz CT molecular complexity index is 1470. The molecule has 42 heavy (non-hydrogen) atoms. The molecule has 0 saturated carbocycles. The van der Waals surface area contributed by atoms with E-state index in [-0.39, 0.29) is 17.1 Å². The molecule has 3 saturated heterocycles. The van der Waals surface area contributed by atoms with Crippen LogP contribution in [-0.4, -0.2) is 76.4 Å². The molecular weight excluding hydrogens is 526 g/mol. The van der Waals surface area contributed by atoms with Gasteiger partial charge in [0.25, 0.3) is 0 Å². The van der Waals surface area contributed by atoms with Crippen molar-refractivity contribution in [3.63, 3.8) is 0 Å². The van der Waals surface area contributed by atoms with Crippen LogP contribution in [-0.2, 0) is 15.8 Å². The summed E-state index contributed by atoms with van der Waals surface area (Å²) in [4.78, 5) is 22.0. The normalized spacial score (nSPS) is 28.5. The van der Waals surface area contributed by atoms with Crippen LogP contribution in [0.15, 0.2) is 48.7 Å². The maximum atomic E-state index is 10.7. The topological polar surface area (TPSA) is 89.9 Å². The second-order valence-electron chi connectivity index (χ2n) is 14.2. The Balaban J connectivity index is 1.18. The zero-order valence-corrected chi connectivity index (χ0v) is 25.6. The minimum atomic E-state index is -1.05. The summed E-state index contributed by atoms with van der Waals surface area (Å²) in [5.74, 6) is 3.71. The fourth-order valence-corrected chi connectivity index (χ4v) is 7.48. The van der Waals surface area contributed by atoms with Crippen molar-refractivity contribution in [2.45, 2.75) is 63.7 Å². The van der Waals surface area contributed by atoms with Gasteiger partial charge in [-0.2, -0.15) is 4.98 Å². The summed E-state index contributed by atoms with van der Waals surface area (Å²) in [6.45, 7) is 15.3. The van der Waals surface area contributed by atoms with Crippen LogP contribution in [0.4, 0.5) is 29.0 Å². The Morgan fingerprint density at radius 3 is 2.38 bits per heavy atom. The molecule has 6 heterocycles. The molecule has 4 aliphatic heterocycles. The Kier molecular flexibility index (Phi) is 6.31. The molecule has 4 atom stereocenters. The fraction of sp³-hybridized carbons (Fsp3) is 0.545. The number of ether oxygens (including phenoxy) is 1. The molecule has 2 aromatic heterocycles. The first-order valence-corrected chi connectivity index (χ1v) is 15.2. The zero-order chi connectivity index (χ0) is 29.4. The Morgan fingerprint density at radius 2 is 1.69 bits per heavy atom. The molecule has 7 rings (SSSR count). The van der Waals surface area contributed by atoms with Crippen molar-refractivity contribution >= 4 is 29.0 Å². The molecule has 0 aliphatic carbocycles. The third kappa shape index (κ3) is 4.71. The lowest BCUT2D eigenvalue weighted by molar-refractivity contribution is -0.0893. The van der Waals surface area contributed by atoms with E-state index in [1.165, 1.54) is 18.8 Å². The van der Waals surface area contributed by atoms with E-state index < -0.39 is 5.60 Å². The van der Waals surface area contributed by atoms with E-state index >= 15 is 0 Å². The van der Waals surface area contributed by atoms with E-state index in [1.807, 2.05) is 24.4 Å². The lowest BCUT2D eigenvalue weighted by Gasteiger charge is -2.46. The first-order chi connectivity index (χ1) is 19.9. The number of aliphatic hydroxyl groups is 1. The van der Waals surface area contributed by atoms with Gasteiger partial charge in [0.05, 0.1) is 23.9 Å².